The molecule has 1 aromatic rings. The summed E-state index contributed by atoms with van der Waals surface area (Å²) in [6.45, 7) is 2.90. The average Bonchev–Trinajstić information content (AvgIpc) is 2.46. The first-order chi connectivity index (χ1) is 10.1. The van der Waals surface area contributed by atoms with Gasteiger partial charge in [0.25, 0.3) is 0 Å². The Morgan fingerprint density at radius 3 is 2.36 bits per heavy atom. The van der Waals surface area contributed by atoms with Gasteiger partial charge in [-0.3, -0.25) is 0 Å². The van der Waals surface area contributed by atoms with Gasteiger partial charge in [-0.25, -0.2) is 8.42 Å². The molecule has 1 aromatic carbocycles. The predicted molar refractivity (Wildman–Crippen MR) is 77.0 cm³/mol. The van der Waals surface area contributed by atoms with Crippen LogP contribution in [0.2, 0.25) is 0 Å². The molecule has 1 aliphatic rings. The molecular formula is C14H19F3N2O2S. The number of piperidine rings is 1. The van der Waals surface area contributed by atoms with Gasteiger partial charge in [0.15, 0.2) is 0 Å². The van der Waals surface area contributed by atoms with Crippen LogP contribution in [0.25, 0.3) is 0 Å². The maximum absolute atomic E-state index is 12.8. The van der Waals surface area contributed by atoms with Crippen molar-refractivity contribution in [1.82, 2.24) is 9.62 Å². The summed E-state index contributed by atoms with van der Waals surface area (Å²) in [6.07, 6.45) is -3.27. The first kappa shape index (κ1) is 17.2. The van der Waals surface area contributed by atoms with Crippen molar-refractivity contribution in [2.24, 2.45) is 0 Å². The smallest absolute Gasteiger partial charge is 0.317 e. The van der Waals surface area contributed by atoms with Gasteiger partial charge >= 0.3 is 6.18 Å². The van der Waals surface area contributed by atoms with Crippen LogP contribution < -0.4 is 5.32 Å². The van der Waals surface area contributed by atoms with E-state index in [1.807, 2.05) is 0 Å². The van der Waals surface area contributed by atoms with Gasteiger partial charge in [-0.1, -0.05) is 6.07 Å². The summed E-state index contributed by atoms with van der Waals surface area (Å²) in [5.41, 5.74) is -0.635. The van der Waals surface area contributed by atoms with Crippen LogP contribution >= 0.6 is 0 Å². The highest BCUT2D eigenvalue weighted by molar-refractivity contribution is 7.89. The predicted octanol–water partition coefficient (Wildman–Crippen LogP) is 2.39. The van der Waals surface area contributed by atoms with Gasteiger partial charge in [0.05, 0.1) is 10.5 Å². The van der Waals surface area contributed by atoms with Crippen LogP contribution in [0.4, 0.5) is 13.2 Å². The molecule has 1 aliphatic heterocycles. The van der Waals surface area contributed by atoms with Crippen molar-refractivity contribution in [2.75, 3.05) is 20.1 Å². The van der Waals surface area contributed by atoms with E-state index in [0.717, 1.165) is 12.1 Å². The van der Waals surface area contributed by atoms with Crippen LogP contribution in [-0.2, 0) is 16.2 Å². The van der Waals surface area contributed by atoms with Gasteiger partial charge in [-0.05, 0) is 50.6 Å². The molecule has 1 fully saturated rings. The number of rotatable bonds is 3. The van der Waals surface area contributed by atoms with Crippen LogP contribution in [0.15, 0.2) is 23.1 Å². The number of alkyl halides is 3. The number of nitrogens with zero attached hydrogens (tertiary/aromatic N) is 1. The van der Waals surface area contributed by atoms with Gasteiger partial charge in [-0.15, -0.1) is 0 Å². The van der Waals surface area contributed by atoms with Crippen molar-refractivity contribution in [3.05, 3.63) is 29.3 Å². The van der Waals surface area contributed by atoms with Crippen molar-refractivity contribution in [3.8, 4) is 0 Å². The van der Waals surface area contributed by atoms with E-state index in [1.54, 1.807) is 0 Å². The van der Waals surface area contributed by atoms with Crippen molar-refractivity contribution in [2.45, 2.75) is 36.9 Å². The van der Waals surface area contributed by atoms with E-state index in [9.17, 15) is 21.6 Å². The number of nitrogens with one attached hydrogen (secondary N) is 1. The van der Waals surface area contributed by atoms with Crippen molar-refractivity contribution < 1.29 is 21.6 Å². The van der Waals surface area contributed by atoms with E-state index < -0.39 is 21.8 Å². The third kappa shape index (κ3) is 3.44. The fourth-order valence-corrected chi connectivity index (χ4v) is 4.24. The quantitative estimate of drug-likeness (QED) is 0.922. The largest absolute Gasteiger partial charge is 0.416 e. The summed E-state index contributed by atoms with van der Waals surface area (Å²) in [7, 11) is -2.51. The Morgan fingerprint density at radius 1 is 1.23 bits per heavy atom. The summed E-state index contributed by atoms with van der Waals surface area (Å²) in [5.74, 6) is 0. The zero-order valence-electron chi connectivity index (χ0n) is 12.4. The minimum absolute atomic E-state index is 0.194. The first-order valence-corrected chi connectivity index (χ1v) is 8.44. The Morgan fingerprint density at radius 2 is 1.82 bits per heavy atom. The number of aryl methyl sites for hydroxylation is 1. The van der Waals surface area contributed by atoms with Gasteiger partial charge in [0.1, 0.15) is 0 Å². The van der Waals surface area contributed by atoms with Gasteiger partial charge < -0.3 is 5.32 Å². The Bertz CT molecular complexity index is 638. The van der Waals surface area contributed by atoms with E-state index >= 15 is 0 Å². The molecular weight excluding hydrogens is 317 g/mol. The van der Waals surface area contributed by atoms with E-state index in [4.69, 9.17) is 0 Å². The summed E-state index contributed by atoms with van der Waals surface area (Å²) < 4.78 is 65.0. The van der Waals surface area contributed by atoms with Gasteiger partial charge in [0.2, 0.25) is 10.0 Å². The zero-order valence-corrected chi connectivity index (χ0v) is 13.3. The van der Waals surface area contributed by atoms with E-state index in [0.29, 0.717) is 31.5 Å². The molecule has 8 heteroatoms. The van der Waals surface area contributed by atoms with Crippen molar-refractivity contribution in [1.29, 1.82) is 0 Å². The Kier molecular flexibility index (Phi) is 4.84. The summed E-state index contributed by atoms with van der Waals surface area (Å²) >= 11 is 0. The fourth-order valence-electron chi connectivity index (χ4n) is 2.58. The van der Waals surface area contributed by atoms with E-state index in [2.05, 4.69) is 5.32 Å². The van der Waals surface area contributed by atoms with Gasteiger partial charge in [-0.2, -0.15) is 17.5 Å². The topological polar surface area (TPSA) is 49.4 Å². The molecule has 0 aromatic heterocycles. The standard InChI is InChI=1S/C14H19F3N2O2S/c1-10-3-4-11(14(15,16)17)9-13(10)22(20,21)19(2)12-5-7-18-8-6-12/h3-4,9,12,18H,5-8H2,1-2H3. The lowest BCUT2D eigenvalue weighted by molar-refractivity contribution is -0.137. The number of halogens is 3. The SMILES string of the molecule is Cc1ccc(C(F)(F)F)cc1S(=O)(=O)N(C)C1CCNCC1. The Balaban J connectivity index is 2.40. The third-order valence-corrected chi connectivity index (χ3v) is 6.05. The highest BCUT2D eigenvalue weighted by Crippen LogP contribution is 2.33. The average molecular weight is 336 g/mol. The monoisotopic (exact) mass is 336 g/mol. The van der Waals surface area contributed by atoms with E-state index in [-0.39, 0.29) is 10.9 Å². The highest BCUT2D eigenvalue weighted by atomic mass is 32.2. The second kappa shape index (κ2) is 6.17. The third-order valence-electron chi connectivity index (χ3n) is 4.00. The number of benzene rings is 1. The Hall–Kier alpha value is -1.12. The Labute approximate surface area is 128 Å². The van der Waals surface area contributed by atoms with Crippen LogP contribution in [0.3, 0.4) is 0 Å². The summed E-state index contributed by atoms with van der Waals surface area (Å²) in [6, 6.07) is 2.63. The minimum atomic E-state index is -4.56. The van der Waals surface area contributed by atoms with Crippen LogP contribution in [-0.4, -0.2) is 38.9 Å². The molecule has 22 heavy (non-hydrogen) atoms. The van der Waals surface area contributed by atoms with Crippen LogP contribution in [0.1, 0.15) is 24.0 Å². The number of sulfonamides is 1. The first-order valence-electron chi connectivity index (χ1n) is 7.00. The van der Waals surface area contributed by atoms with E-state index in [1.165, 1.54) is 24.3 Å². The second-order valence-corrected chi connectivity index (χ2v) is 7.45. The second-order valence-electron chi connectivity index (χ2n) is 5.48. The molecule has 124 valence electrons. The summed E-state index contributed by atoms with van der Waals surface area (Å²) in [5, 5.41) is 3.13. The number of hydrogen-bond acceptors (Lipinski definition) is 3. The lowest BCUT2D eigenvalue weighted by Crippen LogP contribution is -2.44. The number of hydrogen-bond donors (Lipinski definition) is 1. The fraction of sp³-hybridized carbons (Fsp3) is 0.571. The normalized spacial score (nSPS) is 17.9. The molecule has 0 bridgehead atoms. The van der Waals surface area contributed by atoms with Crippen molar-refractivity contribution >= 4 is 10.0 Å². The van der Waals surface area contributed by atoms with Gasteiger partial charge in [0, 0.05) is 13.1 Å². The maximum Gasteiger partial charge on any atom is 0.416 e. The minimum Gasteiger partial charge on any atom is -0.317 e. The molecule has 0 unspecified atom stereocenters. The molecule has 0 atom stereocenters. The zero-order chi connectivity index (χ0) is 16.5. The molecule has 0 amide bonds. The molecule has 1 N–H and O–H groups in total. The molecule has 1 heterocycles. The van der Waals surface area contributed by atoms with Crippen molar-refractivity contribution in [3.63, 3.8) is 0 Å². The lowest BCUT2D eigenvalue weighted by Gasteiger charge is -2.31. The van der Waals surface area contributed by atoms with Crippen LogP contribution in [0, 0.1) is 6.92 Å². The molecule has 0 saturated carbocycles. The molecule has 0 spiro atoms. The molecule has 0 radical (unpaired) electrons. The molecule has 1 saturated heterocycles. The molecule has 0 aliphatic carbocycles. The lowest BCUT2D eigenvalue weighted by atomic mass is 10.1. The maximum atomic E-state index is 12.8. The van der Waals surface area contributed by atoms with Crippen LogP contribution in [0.5, 0.6) is 0 Å². The molecule has 4 nitrogen and oxygen atoms in total. The summed E-state index contributed by atoms with van der Waals surface area (Å²) in [4.78, 5) is -0.275. The molecule has 2 rings (SSSR count). The highest BCUT2D eigenvalue weighted by Gasteiger charge is 2.35.